The Morgan fingerprint density at radius 3 is 2.67 bits per heavy atom. The van der Waals surface area contributed by atoms with Crippen LogP contribution in [0.3, 0.4) is 0 Å². The topological polar surface area (TPSA) is 35.2 Å². The average Bonchev–Trinajstić information content (AvgIpc) is 2.45. The van der Waals surface area contributed by atoms with E-state index in [1.165, 1.54) is 32.1 Å². The van der Waals surface area contributed by atoms with E-state index in [0.717, 1.165) is 11.7 Å². The first-order valence-corrected chi connectivity index (χ1v) is 7.24. The Morgan fingerprint density at radius 2 is 1.94 bits per heavy atom. The molecule has 0 radical (unpaired) electrons. The molecule has 3 atom stereocenters. The van der Waals surface area contributed by atoms with Crippen LogP contribution in [0.1, 0.15) is 39.0 Å². The van der Waals surface area contributed by atoms with Gasteiger partial charge in [-0.05, 0) is 30.4 Å². The molecular weight excluding hydrogens is 222 g/mol. The number of benzene rings is 1. The minimum absolute atomic E-state index is 0.176. The molecule has 3 unspecified atom stereocenters. The van der Waals surface area contributed by atoms with E-state index < -0.39 is 0 Å². The molecule has 1 aromatic rings. The zero-order valence-electron chi connectivity index (χ0n) is 11.3. The quantitative estimate of drug-likeness (QED) is 0.862. The maximum atomic E-state index is 6.34. The second-order valence-corrected chi connectivity index (χ2v) is 5.40. The molecule has 1 aliphatic rings. The highest BCUT2D eigenvalue weighted by Crippen LogP contribution is 2.34. The van der Waals surface area contributed by atoms with Crippen molar-refractivity contribution in [2.75, 3.05) is 6.61 Å². The monoisotopic (exact) mass is 247 g/mol. The Balaban J connectivity index is 1.85. The summed E-state index contributed by atoms with van der Waals surface area (Å²) in [5.41, 5.74) is 6.34. The van der Waals surface area contributed by atoms with Crippen molar-refractivity contribution in [3.8, 4) is 5.75 Å². The van der Waals surface area contributed by atoms with Gasteiger partial charge < -0.3 is 10.5 Å². The fourth-order valence-corrected chi connectivity index (χ4v) is 3.14. The van der Waals surface area contributed by atoms with Crippen LogP contribution in [-0.4, -0.2) is 12.6 Å². The van der Waals surface area contributed by atoms with Gasteiger partial charge in [-0.2, -0.15) is 0 Å². The van der Waals surface area contributed by atoms with E-state index in [9.17, 15) is 0 Å². The van der Waals surface area contributed by atoms with Crippen molar-refractivity contribution in [3.63, 3.8) is 0 Å². The van der Waals surface area contributed by atoms with Gasteiger partial charge in [-0.1, -0.05) is 50.8 Å². The lowest BCUT2D eigenvalue weighted by Gasteiger charge is -2.34. The summed E-state index contributed by atoms with van der Waals surface area (Å²) in [6, 6.07) is 10.2. The third-order valence-corrected chi connectivity index (χ3v) is 4.23. The molecule has 0 heterocycles. The van der Waals surface area contributed by atoms with E-state index in [1.54, 1.807) is 0 Å². The van der Waals surface area contributed by atoms with Crippen LogP contribution in [0.2, 0.25) is 0 Å². The minimum Gasteiger partial charge on any atom is -0.492 e. The summed E-state index contributed by atoms with van der Waals surface area (Å²) in [5, 5.41) is 0. The zero-order chi connectivity index (χ0) is 12.8. The Labute approximate surface area is 111 Å². The molecule has 2 N–H and O–H groups in total. The third kappa shape index (κ3) is 3.49. The maximum Gasteiger partial charge on any atom is 0.119 e. The molecular formula is C16H25NO. The smallest absolute Gasteiger partial charge is 0.119 e. The molecule has 2 nitrogen and oxygen atoms in total. The van der Waals surface area contributed by atoms with Gasteiger partial charge in [0.1, 0.15) is 12.4 Å². The van der Waals surface area contributed by atoms with Gasteiger partial charge in [0, 0.05) is 6.04 Å². The Morgan fingerprint density at radius 1 is 1.22 bits per heavy atom. The molecule has 0 saturated heterocycles. The maximum absolute atomic E-state index is 6.34. The van der Waals surface area contributed by atoms with Crippen molar-refractivity contribution in [2.24, 2.45) is 17.6 Å². The summed E-state index contributed by atoms with van der Waals surface area (Å²) < 4.78 is 5.79. The summed E-state index contributed by atoms with van der Waals surface area (Å²) in [5.74, 6) is 2.37. The summed E-state index contributed by atoms with van der Waals surface area (Å²) >= 11 is 0. The average molecular weight is 247 g/mol. The van der Waals surface area contributed by atoms with E-state index in [1.807, 2.05) is 30.3 Å². The van der Waals surface area contributed by atoms with E-state index in [-0.39, 0.29) is 6.04 Å². The summed E-state index contributed by atoms with van der Waals surface area (Å²) in [4.78, 5) is 0. The van der Waals surface area contributed by atoms with Crippen LogP contribution in [0, 0.1) is 11.8 Å². The van der Waals surface area contributed by atoms with E-state index in [2.05, 4.69) is 6.92 Å². The summed E-state index contributed by atoms with van der Waals surface area (Å²) in [7, 11) is 0. The highest BCUT2D eigenvalue weighted by molar-refractivity contribution is 5.20. The Bertz CT molecular complexity index is 338. The highest BCUT2D eigenvalue weighted by atomic mass is 16.5. The molecule has 0 spiro atoms. The van der Waals surface area contributed by atoms with Crippen LogP contribution in [0.25, 0.3) is 0 Å². The highest BCUT2D eigenvalue weighted by Gasteiger charge is 2.28. The van der Waals surface area contributed by atoms with Crippen molar-refractivity contribution in [2.45, 2.75) is 45.1 Å². The van der Waals surface area contributed by atoms with Crippen LogP contribution < -0.4 is 10.5 Å². The van der Waals surface area contributed by atoms with Gasteiger partial charge in [0.2, 0.25) is 0 Å². The molecule has 1 fully saturated rings. The predicted molar refractivity (Wildman–Crippen MR) is 75.7 cm³/mol. The van der Waals surface area contributed by atoms with E-state index >= 15 is 0 Å². The fourth-order valence-electron chi connectivity index (χ4n) is 3.14. The van der Waals surface area contributed by atoms with E-state index in [0.29, 0.717) is 12.5 Å². The van der Waals surface area contributed by atoms with Crippen LogP contribution in [0.5, 0.6) is 5.75 Å². The van der Waals surface area contributed by atoms with Gasteiger partial charge in [0.25, 0.3) is 0 Å². The zero-order valence-corrected chi connectivity index (χ0v) is 11.3. The fraction of sp³-hybridized carbons (Fsp3) is 0.625. The first-order chi connectivity index (χ1) is 8.81. The molecule has 0 amide bonds. The van der Waals surface area contributed by atoms with Gasteiger partial charge in [-0.3, -0.25) is 0 Å². The van der Waals surface area contributed by atoms with Crippen molar-refractivity contribution >= 4 is 0 Å². The van der Waals surface area contributed by atoms with Crippen LogP contribution in [0.4, 0.5) is 0 Å². The summed E-state index contributed by atoms with van der Waals surface area (Å²) in [6.45, 7) is 2.93. The van der Waals surface area contributed by atoms with Gasteiger partial charge in [-0.25, -0.2) is 0 Å². The van der Waals surface area contributed by atoms with Gasteiger partial charge in [-0.15, -0.1) is 0 Å². The Kier molecular flexibility index (Phi) is 5.06. The number of para-hydroxylation sites is 1. The largest absolute Gasteiger partial charge is 0.492 e. The van der Waals surface area contributed by atoms with Crippen LogP contribution >= 0.6 is 0 Å². The lowest BCUT2D eigenvalue weighted by molar-refractivity contribution is 0.154. The molecule has 18 heavy (non-hydrogen) atoms. The van der Waals surface area contributed by atoms with Gasteiger partial charge in [0.15, 0.2) is 0 Å². The lowest BCUT2D eigenvalue weighted by Crippen LogP contribution is -2.41. The molecule has 0 aliphatic heterocycles. The molecule has 0 bridgehead atoms. The van der Waals surface area contributed by atoms with Crippen LogP contribution in [0.15, 0.2) is 30.3 Å². The standard InChI is InChI=1S/C16H25NO/c1-2-13-8-6-7-11-15(13)16(17)12-18-14-9-4-3-5-10-14/h3-5,9-10,13,15-16H,2,6-8,11-12,17H2,1H3. The van der Waals surface area contributed by atoms with Crippen LogP contribution in [-0.2, 0) is 0 Å². The van der Waals surface area contributed by atoms with Crippen molar-refractivity contribution in [1.29, 1.82) is 0 Å². The molecule has 100 valence electrons. The molecule has 1 aliphatic carbocycles. The normalized spacial score (nSPS) is 25.7. The van der Waals surface area contributed by atoms with Crippen molar-refractivity contribution in [3.05, 3.63) is 30.3 Å². The molecule has 2 rings (SSSR count). The summed E-state index contributed by atoms with van der Waals surface area (Å²) in [6.07, 6.45) is 6.59. The predicted octanol–water partition coefficient (Wildman–Crippen LogP) is 3.61. The van der Waals surface area contributed by atoms with Crippen molar-refractivity contribution in [1.82, 2.24) is 0 Å². The number of nitrogens with two attached hydrogens (primary N) is 1. The lowest BCUT2D eigenvalue weighted by atomic mass is 9.74. The second kappa shape index (κ2) is 6.79. The number of hydrogen-bond donors (Lipinski definition) is 1. The SMILES string of the molecule is CCC1CCCCC1C(N)COc1ccccc1. The number of ether oxygens (including phenoxy) is 1. The molecule has 1 saturated carbocycles. The second-order valence-electron chi connectivity index (χ2n) is 5.40. The first-order valence-electron chi connectivity index (χ1n) is 7.24. The van der Waals surface area contributed by atoms with Crippen molar-refractivity contribution < 1.29 is 4.74 Å². The van der Waals surface area contributed by atoms with E-state index in [4.69, 9.17) is 10.5 Å². The van der Waals surface area contributed by atoms with Gasteiger partial charge in [0.05, 0.1) is 0 Å². The molecule has 1 aromatic carbocycles. The third-order valence-electron chi connectivity index (χ3n) is 4.23. The Hall–Kier alpha value is -1.02. The van der Waals surface area contributed by atoms with Gasteiger partial charge >= 0.3 is 0 Å². The number of rotatable bonds is 5. The molecule has 0 aromatic heterocycles. The number of hydrogen-bond acceptors (Lipinski definition) is 2. The minimum atomic E-state index is 0.176. The molecule has 2 heteroatoms. The first kappa shape index (κ1) is 13.4.